The Hall–Kier alpha value is -3.62. The van der Waals surface area contributed by atoms with Gasteiger partial charge in [0.25, 0.3) is 0 Å². The van der Waals surface area contributed by atoms with Crippen molar-refractivity contribution in [2.75, 3.05) is 13.6 Å². The summed E-state index contributed by atoms with van der Waals surface area (Å²) in [5, 5.41) is 3.45. The number of nitrogens with one attached hydrogen (secondary N) is 2. The molecule has 1 saturated heterocycles. The molecule has 9 heteroatoms. The van der Waals surface area contributed by atoms with E-state index in [1.165, 1.54) is 18.0 Å². The normalized spacial score (nSPS) is 18.4. The van der Waals surface area contributed by atoms with Gasteiger partial charge in [0.2, 0.25) is 5.91 Å². The van der Waals surface area contributed by atoms with E-state index in [4.69, 9.17) is 9.47 Å². The molecule has 0 radical (unpaired) electrons. The number of nitrogens with zero attached hydrogens (tertiary/aromatic N) is 2. The molecule has 4 rings (SSSR count). The number of likely N-dealkylation sites (tertiary alicyclic amines) is 1. The molecule has 1 aliphatic rings. The van der Waals surface area contributed by atoms with Crippen molar-refractivity contribution < 1.29 is 23.5 Å². The topological polar surface area (TPSA) is 96.5 Å². The summed E-state index contributed by atoms with van der Waals surface area (Å²) in [6.07, 6.45) is 2.52. The Morgan fingerprint density at radius 3 is 2.73 bits per heavy atom. The molecule has 3 heterocycles. The van der Waals surface area contributed by atoms with E-state index >= 15 is 0 Å². The summed E-state index contributed by atoms with van der Waals surface area (Å²) >= 11 is 0. The first-order chi connectivity index (χ1) is 15.7. The number of rotatable bonds is 4. The molecule has 2 atom stereocenters. The Morgan fingerprint density at radius 1 is 1.24 bits per heavy atom. The molecule has 0 aliphatic carbocycles. The van der Waals surface area contributed by atoms with Gasteiger partial charge < -0.3 is 19.8 Å². The summed E-state index contributed by atoms with van der Waals surface area (Å²) in [6.45, 7) is 5.38. The first-order valence-corrected chi connectivity index (χ1v) is 10.8. The fraction of sp³-hybridized carbons (Fsp3) is 0.375. The zero-order chi connectivity index (χ0) is 23.8. The van der Waals surface area contributed by atoms with Crippen LogP contribution in [0.2, 0.25) is 0 Å². The van der Waals surface area contributed by atoms with Crippen molar-refractivity contribution in [1.29, 1.82) is 0 Å². The molecule has 2 N–H and O–H groups in total. The first-order valence-electron chi connectivity index (χ1n) is 10.8. The summed E-state index contributed by atoms with van der Waals surface area (Å²) in [6, 6.07) is 7.72. The van der Waals surface area contributed by atoms with Crippen molar-refractivity contribution in [3.05, 3.63) is 48.5 Å². The minimum Gasteiger partial charge on any atom is -0.485 e. The Bertz CT molecular complexity index is 1190. The molecule has 0 saturated carbocycles. The number of halogens is 1. The van der Waals surface area contributed by atoms with Crippen molar-refractivity contribution in [3.8, 4) is 16.9 Å². The molecule has 1 aromatic carbocycles. The molecule has 3 aromatic rings. The van der Waals surface area contributed by atoms with Crippen molar-refractivity contribution in [3.63, 3.8) is 0 Å². The van der Waals surface area contributed by atoms with Gasteiger partial charge in [0.05, 0.1) is 6.54 Å². The molecule has 2 aromatic heterocycles. The van der Waals surface area contributed by atoms with Gasteiger partial charge in [-0.05, 0) is 56.2 Å². The van der Waals surface area contributed by atoms with Crippen LogP contribution in [-0.4, -0.2) is 58.2 Å². The summed E-state index contributed by atoms with van der Waals surface area (Å²) in [7, 11) is 1.50. The molecule has 8 nitrogen and oxygen atoms in total. The third-order valence-corrected chi connectivity index (χ3v) is 5.44. The van der Waals surface area contributed by atoms with Crippen LogP contribution >= 0.6 is 0 Å². The maximum atomic E-state index is 15.0. The molecule has 0 bridgehead atoms. The second-order valence-corrected chi connectivity index (χ2v) is 8.98. The number of aromatic amines is 1. The summed E-state index contributed by atoms with van der Waals surface area (Å²) in [4.78, 5) is 33.6. The predicted octanol–water partition coefficient (Wildman–Crippen LogP) is 3.87. The van der Waals surface area contributed by atoms with Gasteiger partial charge in [-0.25, -0.2) is 14.2 Å². The maximum Gasteiger partial charge on any atom is 0.411 e. The Morgan fingerprint density at radius 2 is 2.03 bits per heavy atom. The van der Waals surface area contributed by atoms with Crippen LogP contribution < -0.4 is 10.1 Å². The number of aromatic nitrogens is 2. The van der Waals surface area contributed by atoms with Crippen LogP contribution in [0.15, 0.2) is 42.7 Å². The second-order valence-electron chi connectivity index (χ2n) is 8.98. The third kappa shape index (κ3) is 4.76. The van der Waals surface area contributed by atoms with Gasteiger partial charge in [-0.15, -0.1) is 0 Å². The summed E-state index contributed by atoms with van der Waals surface area (Å²) in [5.74, 6) is -0.791. The lowest BCUT2D eigenvalue weighted by molar-refractivity contribution is -0.125. The summed E-state index contributed by atoms with van der Waals surface area (Å²) < 4.78 is 26.3. The first kappa shape index (κ1) is 22.6. The summed E-state index contributed by atoms with van der Waals surface area (Å²) in [5.41, 5.74) is 1.56. The number of fused-ring (bicyclic) bond motifs is 1. The number of H-pyrrole nitrogens is 1. The monoisotopic (exact) mass is 454 g/mol. The fourth-order valence-electron chi connectivity index (χ4n) is 3.98. The van der Waals surface area contributed by atoms with Crippen LogP contribution in [0.5, 0.6) is 5.75 Å². The van der Waals surface area contributed by atoms with Gasteiger partial charge in [0.15, 0.2) is 11.6 Å². The highest BCUT2D eigenvalue weighted by Crippen LogP contribution is 2.32. The van der Waals surface area contributed by atoms with Crippen LogP contribution in [0.4, 0.5) is 9.18 Å². The number of likely N-dealkylation sites (N-methyl/N-ethyl adjacent to an activating group) is 1. The van der Waals surface area contributed by atoms with Crippen molar-refractivity contribution in [1.82, 2.24) is 20.2 Å². The lowest BCUT2D eigenvalue weighted by Crippen LogP contribution is -2.46. The van der Waals surface area contributed by atoms with Crippen molar-refractivity contribution in [2.24, 2.45) is 0 Å². The third-order valence-electron chi connectivity index (χ3n) is 5.44. The fourth-order valence-corrected chi connectivity index (χ4v) is 3.98. The highest BCUT2D eigenvalue weighted by Gasteiger charge is 2.42. The molecule has 33 heavy (non-hydrogen) atoms. The van der Waals surface area contributed by atoms with E-state index in [0.29, 0.717) is 5.56 Å². The Kier molecular flexibility index (Phi) is 5.97. The van der Waals surface area contributed by atoms with Crippen LogP contribution in [0.1, 0.15) is 27.2 Å². The smallest absolute Gasteiger partial charge is 0.411 e. The van der Waals surface area contributed by atoms with E-state index < -0.39 is 29.7 Å². The zero-order valence-corrected chi connectivity index (χ0v) is 19.0. The van der Waals surface area contributed by atoms with E-state index in [9.17, 15) is 14.0 Å². The Balaban J connectivity index is 1.53. The maximum absolute atomic E-state index is 15.0. The van der Waals surface area contributed by atoms with Crippen molar-refractivity contribution >= 4 is 23.0 Å². The number of hydrogen-bond acceptors (Lipinski definition) is 5. The second kappa shape index (κ2) is 8.73. The molecular formula is C24H27FN4O4. The minimum atomic E-state index is -0.754. The Labute approximate surface area is 191 Å². The largest absolute Gasteiger partial charge is 0.485 e. The number of benzene rings is 1. The van der Waals surface area contributed by atoms with Gasteiger partial charge in [-0.1, -0.05) is 6.07 Å². The lowest BCUT2D eigenvalue weighted by Gasteiger charge is -2.27. The van der Waals surface area contributed by atoms with Crippen molar-refractivity contribution in [2.45, 2.75) is 44.9 Å². The van der Waals surface area contributed by atoms with Gasteiger partial charge >= 0.3 is 6.09 Å². The molecule has 2 amide bonds. The van der Waals surface area contributed by atoms with E-state index in [0.717, 1.165) is 16.6 Å². The lowest BCUT2D eigenvalue weighted by atomic mass is 10.0. The van der Waals surface area contributed by atoms with E-state index in [2.05, 4.69) is 15.3 Å². The zero-order valence-electron chi connectivity index (χ0n) is 19.0. The minimum absolute atomic E-state index is 0.0600. The highest BCUT2D eigenvalue weighted by atomic mass is 19.1. The number of carbonyl (C=O) groups excluding carboxylic acids is 2. The van der Waals surface area contributed by atoms with Crippen LogP contribution in [-0.2, 0) is 9.53 Å². The molecule has 174 valence electrons. The number of ether oxygens (including phenoxy) is 2. The number of hydrogen-bond donors (Lipinski definition) is 2. The highest BCUT2D eigenvalue weighted by molar-refractivity contribution is 5.92. The van der Waals surface area contributed by atoms with E-state index in [1.807, 2.05) is 12.1 Å². The number of amides is 2. The quantitative estimate of drug-likeness (QED) is 0.624. The SMILES string of the molecule is CNC(=O)[C@@H]1C[C@@H](Oc2ccc(-c3ccnc4[nH]ccc34)cc2F)CN1C(=O)OC(C)(C)C. The van der Waals surface area contributed by atoms with E-state index in [-0.39, 0.29) is 24.6 Å². The van der Waals surface area contributed by atoms with Crippen LogP contribution in [0.3, 0.4) is 0 Å². The van der Waals surface area contributed by atoms with Gasteiger partial charge in [-0.3, -0.25) is 9.69 Å². The van der Waals surface area contributed by atoms with E-state index in [1.54, 1.807) is 45.3 Å². The van der Waals surface area contributed by atoms with Gasteiger partial charge in [0.1, 0.15) is 23.4 Å². The molecule has 0 spiro atoms. The van der Waals surface area contributed by atoms with Gasteiger partial charge in [-0.2, -0.15) is 0 Å². The molecule has 1 aliphatic heterocycles. The molecular weight excluding hydrogens is 427 g/mol. The van der Waals surface area contributed by atoms with Crippen LogP contribution in [0.25, 0.3) is 22.2 Å². The number of carbonyl (C=O) groups is 2. The average molecular weight is 455 g/mol. The molecule has 1 fully saturated rings. The average Bonchev–Trinajstić information content (AvgIpc) is 3.40. The standard InChI is InChI=1S/C24H27FN4O4/c1-24(2,3)33-23(31)29-13-15(12-19(29)22(30)26-4)32-20-6-5-14(11-18(20)25)16-7-9-27-21-17(16)8-10-28-21/h5-11,15,19H,12-13H2,1-4H3,(H,26,30)(H,27,28)/t15-,19+/m1/s1. The van der Waals surface area contributed by atoms with Gasteiger partial charge in [0, 0.05) is 31.2 Å². The molecule has 0 unspecified atom stereocenters. The number of pyridine rings is 1. The predicted molar refractivity (Wildman–Crippen MR) is 121 cm³/mol. The van der Waals surface area contributed by atoms with Crippen LogP contribution in [0, 0.1) is 5.82 Å².